The maximum absolute atomic E-state index is 2.49. The van der Waals surface area contributed by atoms with Gasteiger partial charge >= 0.3 is 0 Å². The van der Waals surface area contributed by atoms with Gasteiger partial charge in [-0.25, -0.2) is 0 Å². The quantitative estimate of drug-likeness (QED) is 0.517. The van der Waals surface area contributed by atoms with Gasteiger partial charge in [-0.2, -0.15) is 0 Å². The van der Waals surface area contributed by atoms with E-state index in [4.69, 9.17) is 0 Å². The van der Waals surface area contributed by atoms with Gasteiger partial charge in [0.05, 0.1) is 0 Å². The molecule has 0 saturated heterocycles. The van der Waals surface area contributed by atoms with E-state index in [-0.39, 0.29) is 0 Å². The molecule has 3 rings (SSSR count). The van der Waals surface area contributed by atoms with Gasteiger partial charge in [0.25, 0.3) is 0 Å². The van der Waals surface area contributed by atoms with Crippen molar-refractivity contribution in [2.75, 3.05) is 0 Å². The fraction of sp³-hybridized carbons (Fsp3) is 0.833. The number of fused-ring (bicyclic) bond motifs is 2. The van der Waals surface area contributed by atoms with Gasteiger partial charge in [-0.3, -0.25) is 0 Å². The molecule has 1 unspecified atom stereocenters. The minimum absolute atomic E-state index is 0.736. The van der Waals surface area contributed by atoms with E-state index in [0.29, 0.717) is 0 Å². The van der Waals surface area contributed by atoms with Gasteiger partial charge in [-0.05, 0) is 56.8 Å². The van der Waals surface area contributed by atoms with Crippen LogP contribution in [-0.2, 0) is 0 Å². The zero-order chi connectivity index (χ0) is 8.77. The van der Waals surface area contributed by atoms with Crippen molar-refractivity contribution in [2.45, 2.75) is 46.5 Å². The molecule has 0 heteroatoms. The fourth-order valence-corrected chi connectivity index (χ4v) is 3.41. The summed E-state index contributed by atoms with van der Waals surface area (Å²) in [7, 11) is 0. The second kappa shape index (κ2) is 2.61. The predicted octanol–water partition coefficient (Wildman–Crippen LogP) is 3.78. The number of rotatable bonds is 1. The molecular formula is C12H20. The van der Waals surface area contributed by atoms with Crippen molar-refractivity contribution in [1.29, 1.82) is 0 Å². The lowest BCUT2D eigenvalue weighted by atomic mass is 9.52. The van der Waals surface area contributed by atoms with E-state index >= 15 is 0 Å². The van der Waals surface area contributed by atoms with Crippen molar-refractivity contribution in [2.24, 2.45) is 17.3 Å². The lowest BCUT2D eigenvalue weighted by Crippen LogP contribution is -2.42. The molecule has 0 aromatic carbocycles. The van der Waals surface area contributed by atoms with Crippen molar-refractivity contribution in [3.8, 4) is 0 Å². The highest BCUT2D eigenvalue weighted by Gasteiger charge is 2.46. The molecule has 0 amide bonds. The van der Waals surface area contributed by atoms with Crippen LogP contribution in [0, 0.1) is 17.3 Å². The Bertz CT molecular complexity index is 202. The van der Waals surface area contributed by atoms with Crippen molar-refractivity contribution < 1.29 is 0 Å². The van der Waals surface area contributed by atoms with Crippen molar-refractivity contribution in [3.63, 3.8) is 0 Å². The SMILES string of the molecule is CC(C)=CC1CC2CC(C)(C1)C2. The molecule has 1 atom stereocenters. The maximum Gasteiger partial charge on any atom is -0.0223 e. The Morgan fingerprint density at radius 1 is 1.25 bits per heavy atom. The van der Waals surface area contributed by atoms with E-state index in [2.05, 4.69) is 26.8 Å². The standard InChI is InChI=1S/C12H20/c1-9(2)4-10-5-11-7-12(3,6-10)8-11/h4,10-11H,5-8H2,1-3H3. The Kier molecular flexibility index (Phi) is 1.82. The summed E-state index contributed by atoms with van der Waals surface area (Å²) < 4.78 is 0. The molecule has 0 aromatic rings. The lowest BCUT2D eigenvalue weighted by Gasteiger charge is -2.53. The summed E-state index contributed by atoms with van der Waals surface area (Å²) in [5, 5.41) is 0. The van der Waals surface area contributed by atoms with Crippen LogP contribution in [0.15, 0.2) is 11.6 Å². The van der Waals surface area contributed by atoms with E-state index in [1.807, 2.05) is 0 Å². The van der Waals surface area contributed by atoms with Gasteiger partial charge < -0.3 is 0 Å². The van der Waals surface area contributed by atoms with Crippen LogP contribution in [0.1, 0.15) is 46.5 Å². The highest BCUT2D eigenvalue weighted by atomic mass is 14.5. The zero-order valence-electron chi connectivity index (χ0n) is 8.56. The third-order valence-corrected chi connectivity index (χ3v) is 3.52. The molecule has 3 aliphatic rings. The van der Waals surface area contributed by atoms with Crippen LogP contribution in [0.2, 0.25) is 0 Å². The van der Waals surface area contributed by atoms with Crippen LogP contribution in [0.4, 0.5) is 0 Å². The summed E-state index contributed by atoms with van der Waals surface area (Å²) in [6.45, 7) is 6.92. The second-order valence-electron chi connectivity index (χ2n) is 5.53. The van der Waals surface area contributed by atoms with E-state index < -0.39 is 0 Å². The minimum atomic E-state index is 0.736. The summed E-state index contributed by atoms with van der Waals surface area (Å²) in [4.78, 5) is 0. The maximum atomic E-state index is 2.49. The molecule has 0 aromatic heterocycles. The molecule has 3 aliphatic carbocycles. The largest absolute Gasteiger partial charge is 0.0827 e. The predicted molar refractivity (Wildman–Crippen MR) is 53.0 cm³/mol. The highest BCUT2D eigenvalue weighted by molar-refractivity contribution is 5.06. The average molecular weight is 164 g/mol. The van der Waals surface area contributed by atoms with Gasteiger partial charge in [-0.1, -0.05) is 18.6 Å². The lowest BCUT2D eigenvalue weighted by molar-refractivity contribution is -0.00923. The Labute approximate surface area is 76.1 Å². The molecule has 68 valence electrons. The summed E-state index contributed by atoms with van der Waals surface area (Å²) in [5.74, 6) is 1.98. The third kappa shape index (κ3) is 1.44. The van der Waals surface area contributed by atoms with Gasteiger partial charge in [0.2, 0.25) is 0 Å². The Balaban J connectivity index is 2.00. The van der Waals surface area contributed by atoms with Crippen LogP contribution in [0.3, 0.4) is 0 Å². The van der Waals surface area contributed by atoms with Crippen molar-refractivity contribution >= 4 is 0 Å². The second-order valence-corrected chi connectivity index (χ2v) is 5.53. The number of allylic oxidation sites excluding steroid dienone is 2. The number of hydrogen-bond acceptors (Lipinski definition) is 0. The number of hydrogen-bond donors (Lipinski definition) is 0. The molecule has 3 fully saturated rings. The molecule has 0 radical (unpaired) electrons. The highest BCUT2D eigenvalue weighted by Crippen LogP contribution is 2.57. The van der Waals surface area contributed by atoms with E-state index in [1.54, 1.807) is 0 Å². The normalized spacial score (nSPS) is 44.9. The van der Waals surface area contributed by atoms with E-state index in [9.17, 15) is 0 Å². The molecule has 3 saturated carbocycles. The van der Waals surface area contributed by atoms with Crippen LogP contribution < -0.4 is 0 Å². The van der Waals surface area contributed by atoms with E-state index in [0.717, 1.165) is 17.3 Å². The van der Waals surface area contributed by atoms with Gasteiger partial charge in [0.15, 0.2) is 0 Å². The fourth-order valence-electron chi connectivity index (χ4n) is 3.41. The minimum Gasteiger partial charge on any atom is -0.0827 e. The summed E-state index contributed by atoms with van der Waals surface area (Å²) in [5.41, 5.74) is 2.24. The first kappa shape index (κ1) is 8.34. The molecule has 2 bridgehead atoms. The zero-order valence-corrected chi connectivity index (χ0v) is 8.56. The molecule has 0 N–H and O–H groups in total. The smallest absolute Gasteiger partial charge is 0.0223 e. The van der Waals surface area contributed by atoms with E-state index in [1.165, 1.54) is 31.3 Å². The molecule has 0 aliphatic heterocycles. The van der Waals surface area contributed by atoms with Gasteiger partial charge in [0.1, 0.15) is 0 Å². The average Bonchev–Trinajstić information content (AvgIpc) is 1.80. The summed E-state index contributed by atoms with van der Waals surface area (Å²) >= 11 is 0. The molecule has 0 heterocycles. The molecule has 12 heavy (non-hydrogen) atoms. The van der Waals surface area contributed by atoms with Gasteiger partial charge in [0, 0.05) is 0 Å². The molecule has 0 spiro atoms. The topological polar surface area (TPSA) is 0 Å². The first-order valence-electron chi connectivity index (χ1n) is 5.22. The van der Waals surface area contributed by atoms with Gasteiger partial charge in [-0.15, -0.1) is 0 Å². The summed E-state index contributed by atoms with van der Waals surface area (Å²) in [6.07, 6.45) is 8.44. The molecule has 0 nitrogen and oxygen atoms in total. The van der Waals surface area contributed by atoms with Crippen LogP contribution in [-0.4, -0.2) is 0 Å². The van der Waals surface area contributed by atoms with Crippen molar-refractivity contribution in [3.05, 3.63) is 11.6 Å². The van der Waals surface area contributed by atoms with Crippen LogP contribution >= 0.6 is 0 Å². The third-order valence-electron chi connectivity index (χ3n) is 3.52. The Morgan fingerprint density at radius 3 is 2.42 bits per heavy atom. The van der Waals surface area contributed by atoms with Crippen LogP contribution in [0.5, 0.6) is 0 Å². The Hall–Kier alpha value is -0.260. The molecular weight excluding hydrogens is 144 g/mol. The first-order chi connectivity index (χ1) is 5.57. The first-order valence-corrected chi connectivity index (χ1v) is 5.22. The van der Waals surface area contributed by atoms with Crippen molar-refractivity contribution in [1.82, 2.24) is 0 Å². The monoisotopic (exact) mass is 164 g/mol. The Morgan fingerprint density at radius 2 is 1.92 bits per heavy atom. The summed E-state index contributed by atoms with van der Waals surface area (Å²) in [6, 6.07) is 0. The van der Waals surface area contributed by atoms with Crippen LogP contribution in [0.25, 0.3) is 0 Å².